The summed E-state index contributed by atoms with van der Waals surface area (Å²) in [5.74, 6) is 1.89. The van der Waals surface area contributed by atoms with E-state index in [1.54, 1.807) is 37.2 Å². The standard InChI is InChI=1S/C21H24N2O4S/c1-25-11-10-23-19(13-8-9-15(26-2)16(12-13)27-3)22-20-18(21(23)24)14-6-4-5-7-17(14)28-20/h8-9,12H,4-7,10-11H2,1-3H3. The smallest absolute Gasteiger partial charge is 0.262 e. The van der Waals surface area contributed by atoms with Gasteiger partial charge in [-0.15, -0.1) is 11.3 Å². The van der Waals surface area contributed by atoms with Crippen molar-refractivity contribution in [3.63, 3.8) is 0 Å². The number of methoxy groups -OCH3 is 3. The Kier molecular flexibility index (Phi) is 5.37. The maximum absolute atomic E-state index is 13.5. The number of thiophene rings is 1. The Morgan fingerprint density at radius 2 is 1.89 bits per heavy atom. The summed E-state index contributed by atoms with van der Waals surface area (Å²) in [5.41, 5.74) is 2.04. The lowest BCUT2D eigenvalue weighted by Crippen LogP contribution is -2.25. The Labute approximate surface area is 167 Å². The summed E-state index contributed by atoms with van der Waals surface area (Å²) < 4.78 is 17.8. The van der Waals surface area contributed by atoms with Gasteiger partial charge in [-0.1, -0.05) is 0 Å². The Morgan fingerprint density at radius 1 is 1.11 bits per heavy atom. The molecule has 2 heterocycles. The highest BCUT2D eigenvalue weighted by Crippen LogP contribution is 2.36. The number of benzene rings is 1. The lowest BCUT2D eigenvalue weighted by atomic mass is 9.97. The molecule has 0 radical (unpaired) electrons. The van der Waals surface area contributed by atoms with Crippen molar-refractivity contribution >= 4 is 21.6 Å². The second-order valence-electron chi connectivity index (χ2n) is 6.85. The molecule has 7 heteroatoms. The van der Waals surface area contributed by atoms with Crippen molar-refractivity contribution in [3.8, 4) is 22.9 Å². The molecule has 148 valence electrons. The quantitative estimate of drug-likeness (QED) is 0.632. The third kappa shape index (κ3) is 3.18. The predicted molar refractivity (Wildman–Crippen MR) is 111 cm³/mol. The minimum atomic E-state index is 0.0197. The summed E-state index contributed by atoms with van der Waals surface area (Å²) in [6.45, 7) is 0.895. The van der Waals surface area contributed by atoms with E-state index in [1.807, 2.05) is 18.2 Å². The van der Waals surface area contributed by atoms with Gasteiger partial charge in [0.1, 0.15) is 10.7 Å². The molecule has 1 aliphatic rings. The van der Waals surface area contributed by atoms with E-state index in [1.165, 1.54) is 16.9 Å². The highest BCUT2D eigenvalue weighted by atomic mass is 32.1. The molecule has 0 N–H and O–H groups in total. The topological polar surface area (TPSA) is 62.6 Å². The van der Waals surface area contributed by atoms with Crippen LogP contribution in [0.5, 0.6) is 11.5 Å². The normalized spacial score (nSPS) is 13.5. The van der Waals surface area contributed by atoms with Gasteiger partial charge in [0, 0.05) is 17.6 Å². The summed E-state index contributed by atoms with van der Waals surface area (Å²) in [6, 6.07) is 5.61. The molecule has 0 amide bonds. The van der Waals surface area contributed by atoms with Gasteiger partial charge >= 0.3 is 0 Å². The fourth-order valence-electron chi connectivity index (χ4n) is 3.82. The Balaban J connectivity index is 1.95. The van der Waals surface area contributed by atoms with Crippen LogP contribution in [0.4, 0.5) is 0 Å². The molecule has 6 nitrogen and oxygen atoms in total. The zero-order chi connectivity index (χ0) is 19.7. The predicted octanol–water partition coefficient (Wildman–Crippen LogP) is 3.67. The van der Waals surface area contributed by atoms with E-state index in [-0.39, 0.29) is 5.56 Å². The van der Waals surface area contributed by atoms with Crippen LogP contribution >= 0.6 is 11.3 Å². The van der Waals surface area contributed by atoms with Crippen LogP contribution in [-0.4, -0.2) is 37.5 Å². The maximum atomic E-state index is 13.5. The summed E-state index contributed by atoms with van der Waals surface area (Å²) in [4.78, 5) is 20.5. The largest absolute Gasteiger partial charge is 0.493 e. The van der Waals surface area contributed by atoms with Crippen molar-refractivity contribution in [2.45, 2.75) is 32.2 Å². The number of nitrogens with zero attached hydrogens (tertiary/aromatic N) is 2. The third-order valence-electron chi connectivity index (χ3n) is 5.24. The molecule has 0 fully saturated rings. The van der Waals surface area contributed by atoms with Gasteiger partial charge in [0.05, 0.1) is 32.8 Å². The van der Waals surface area contributed by atoms with Gasteiger partial charge in [0.25, 0.3) is 5.56 Å². The van der Waals surface area contributed by atoms with Crippen molar-refractivity contribution in [3.05, 3.63) is 39.0 Å². The highest BCUT2D eigenvalue weighted by Gasteiger charge is 2.23. The number of hydrogen-bond donors (Lipinski definition) is 0. The molecule has 0 bridgehead atoms. The molecule has 0 aliphatic heterocycles. The Bertz CT molecular complexity index is 1070. The first-order chi connectivity index (χ1) is 13.7. The third-order valence-corrected chi connectivity index (χ3v) is 6.42. The van der Waals surface area contributed by atoms with E-state index in [4.69, 9.17) is 19.2 Å². The van der Waals surface area contributed by atoms with Crippen molar-refractivity contribution in [2.24, 2.45) is 0 Å². The summed E-state index contributed by atoms with van der Waals surface area (Å²) in [5, 5.41) is 0.792. The van der Waals surface area contributed by atoms with Crippen molar-refractivity contribution in [1.82, 2.24) is 9.55 Å². The SMILES string of the molecule is COCCn1c(-c2ccc(OC)c(OC)c2)nc2sc3c(c2c1=O)CCCC3. The maximum Gasteiger partial charge on any atom is 0.262 e. The second kappa shape index (κ2) is 7.93. The van der Waals surface area contributed by atoms with Crippen LogP contribution in [-0.2, 0) is 24.1 Å². The molecule has 0 saturated carbocycles. The van der Waals surface area contributed by atoms with E-state index in [2.05, 4.69) is 0 Å². The van der Waals surface area contributed by atoms with Crippen LogP contribution < -0.4 is 15.0 Å². The van der Waals surface area contributed by atoms with Crippen LogP contribution in [0.1, 0.15) is 23.3 Å². The molecule has 2 aromatic heterocycles. The van der Waals surface area contributed by atoms with Crippen LogP contribution in [0.25, 0.3) is 21.6 Å². The monoisotopic (exact) mass is 400 g/mol. The average molecular weight is 401 g/mol. The number of aryl methyl sites for hydroxylation is 2. The number of ether oxygens (including phenoxy) is 3. The first-order valence-electron chi connectivity index (χ1n) is 9.44. The Morgan fingerprint density at radius 3 is 2.64 bits per heavy atom. The number of aromatic nitrogens is 2. The van der Waals surface area contributed by atoms with Crippen LogP contribution in [0.2, 0.25) is 0 Å². The molecular formula is C21H24N2O4S. The lowest BCUT2D eigenvalue weighted by Gasteiger charge is -2.15. The van der Waals surface area contributed by atoms with Crippen LogP contribution in [0, 0.1) is 0 Å². The summed E-state index contributed by atoms with van der Waals surface area (Å²) in [7, 11) is 4.84. The number of rotatable bonds is 6. The molecular weight excluding hydrogens is 376 g/mol. The molecule has 0 spiro atoms. The molecule has 0 atom stereocenters. The zero-order valence-electron chi connectivity index (χ0n) is 16.4. The molecule has 3 aromatic rings. The van der Waals surface area contributed by atoms with E-state index >= 15 is 0 Å². The highest BCUT2D eigenvalue weighted by molar-refractivity contribution is 7.18. The molecule has 0 unspecified atom stereocenters. The van der Waals surface area contributed by atoms with Gasteiger partial charge in [-0.3, -0.25) is 9.36 Å². The fourth-order valence-corrected chi connectivity index (χ4v) is 5.08. The van der Waals surface area contributed by atoms with Gasteiger partial charge in [-0.2, -0.15) is 0 Å². The summed E-state index contributed by atoms with van der Waals surface area (Å²) >= 11 is 1.66. The van der Waals surface area contributed by atoms with Gasteiger partial charge < -0.3 is 14.2 Å². The zero-order valence-corrected chi connectivity index (χ0v) is 17.2. The lowest BCUT2D eigenvalue weighted by molar-refractivity contribution is 0.186. The number of hydrogen-bond acceptors (Lipinski definition) is 6. The van der Waals surface area contributed by atoms with Gasteiger partial charge in [-0.25, -0.2) is 4.98 Å². The van der Waals surface area contributed by atoms with E-state index < -0.39 is 0 Å². The van der Waals surface area contributed by atoms with Gasteiger partial charge in [-0.05, 0) is 49.4 Å². The van der Waals surface area contributed by atoms with Gasteiger partial charge in [0.15, 0.2) is 11.5 Å². The average Bonchev–Trinajstić information content (AvgIpc) is 3.11. The van der Waals surface area contributed by atoms with E-state index in [0.717, 1.165) is 35.0 Å². The molecule has 1 aliphatic carbocycles. The minimum Gasteiger partial charge on any atom is -0.493 e. The molecule has 1 aromatic carbocycles. The molecule has 0 saturated heterocycles. The van der Waals surface area contributed by atoms with Crippen LogP contribution in [0.15, 0.2) is 23.0 Å². The number of fused-ring (bicyclic) bond motifs is 3. The van der Waals surface area contributed by atoms with Crippen molar-refractivity contribution < 1.29 is 14.2 Å². The van der Waals surface area contributed by atoms with Gasteiger partial charge in [0.2, 0.25) is 0 Å². The van der Waals surface area contributed by atoms with Crippen molar-refractivity contribution in [2.75, 3.05) is 27.9 Å². The molecule has 4 rings (SSSR count). The fraction of sp³-hybridized carbons (Fsp3) is 0.429. The minimum absolute atomic E-state index is 0.0197. The molecule has 28 heavy (non-hydrogen) atoms. The van der Waals surface area contributed by atoms with Crippen molar-refractivity contribution in [1.29, 1.82) is 0 Å². The van der Waals surface area contributed by atoms with E-state index in [9.17, 15) is 4.79 Å². The van der Waals surface area contributed by atoms with Crippen LogP contribution in [0.3, 0.4) is 0 Å². The summed E-state index contributed by atoms with van der Waals surface area (Å²) in [6.07, 6.45) is 4.32. The van der Waals surface area contributed by atoms with E-state index in [0.29, 0.717) is 30.5 Å². The first-order valence-corrected chi connectivity index (χ1v) is 10.3. The Hall–Kier alpha value is -2.38. The second-order valence-corrected chi connectivity index (χ2v) is 7.93. The first kappa shape index (κ1) is 19.0.